The lowest BCUT2D eigenvalue weighted by molar-refractivity contribution is -0.0320. The summed E-state index contributed by atoms with van der Waals surface area (Å²) in [5.74, 6) is 2.08. The molecule has 2 rings (SSSR count). The molecule has 1 heterocycles. The van der Waals surface area contributed by atoms with Crippen LogP contribution in [0.3, 0.4) is 0 Å². The van der Waals surface area contributed by atoms with Crippen LogP contribution in [0.2, 0.25) is 0 Å². The molecular formula is C18H30IN3O4. The van der Waals surface area contributed by atoms with Gasteiger partial charge in [-0.3, -0.25) is 4.99 Å². The SMILES string of the molecule is CN=C(NCCCOC1CCOCC1)Nc1ccc(OC)c(OC)c1.I. The van der Waals surface area contributed by atoms with E-state index in [9.17, 15) is 0 Å². The summed E-state index contributed by atoms with van der Waals surface area (Å²) >= 11 is 0. The zero-order chi connectivity index (χ0) is 17.9. The minimum Gasteiger partial charge on any atom is -0.493 e. The maximum absolute atomic E-state index is 5.86. The number of anilines is 1. The summed E-state index contributed by atoms with van der Waals surface area (Å²) in [6.45, 7) is 3.15. The van der Waals surface area contributed by atoms with Crippen molar-refractivity contribution in [2.45, 2.75) is 25.4 Å². The van der Waals surface area contributed by atoms with Gasteiger partial charge in [-0.15, -0.1) is 24.0 Å². The number of aliphatic imine (C=N–C) groups is 1. The molecule has 1 fully saturated rings. The largest absolute Gasteiger partial charge is 0.493 e. The Kier molecular flexibility index (Phi) is 11.4. The molecule has 0 aromatic heterocycles. The van der Waals surface area contributed by atoms with Gasteiger partial charge >= 0.3 is 0 Å². The van der Waals surface area contributed by atoms with Gasteiger partial charge in [-0.1, -0.05) is 0 Å². The fraction of sp³-hybridized carbons (Fsp3) is 0.611. The van der Waals surface area contributed by atoms with E-state index < -0.39 is 0 Å². The van der Waals surface area contributed by atoms with E-state index in [1.807, 2.05) is 18.2 Å². The predicted molar refractivity (Wildman–Crippen MR) is 114 cm³/mol. The Balaban J connectivity index is 0.00000338. The second-order valence-corrected chi connectivity index (χ2v) is 5.73. The third-order valence-corrected chi connectivity index (χ3v) is 4.01. The zero-order valence-corrected chi connectivity index (χ0v) is 18.1. The molecule has 1 aliphatic rings. The maximum Gasteiger partial charge on any atom is 0.195 e. The van der Waals surface area contributed by atoms with Crippen LogP contribution in [0, 0.1) is 0 Å². The molecule has 0 radical (unpaired) electrons. The average molecular weight is 479 g/mol. The van der Waals surface area contributed by atoms with Crippen LogP contribution in [0.25, 0.3) is 0 Å². The van der Waals surface area contributed by atoms with Crippen molar-refractivity contribution >= 4 is 35.6 Å². The van der Waals surface area contributed by atoms with E-state index >= 15 is 0 Å². The predicted octanol–water partition coefficient (Wildman–Crippen LogP) is 2.89. The molecule has 0 atom stereocenters. The van der Waals surface area contributed by atoms with Gasteiger partial charge in [-0.2, -0.15) is 0 Å². The molecule has 8 heteroatoms. The number of hydrogen-bond acceptors (Lipinski definition) is 5. The second-order valence-electron chi connectivity index (χ2n) is 5.73. The highest BCUT2D eigenvalue weighted by Crippen LogP contribution is 2.29. The molecule has 0 saturated carbocycles. The summed E-state index contributed by atoms with van der Waals surface area (Å²) in [7, 11) is 4.98. The lowest BCUT2D eigenvalue weighted by Crippen LogP contribution is -2.32. The fourth-order valence-corrected chi connectivity index (χ4v) is 2.60. The van der Waals surface area contributed by atoms with Crippen molar-refractivity contribution in [2.75, 3.05) is 52.9 Å². The van der Waals surface area contributed by atoms with Gasteiger partial charge < -0.3 is 29.6 Å². The molecule has 0 amide bonds. The lowest BCUT2D eigenvalue weighted by Gasteiger charge is -2.22. The van der Waals surface area contributed by atoms with E-state index in [0.29, 0.717) is 23.6 Å². The molecule has 0 aliphatic carbocycles. The Morgan fingerprint density at radius 1 is 1.19 bits per heavy atom. The third-order valence-electron chi connectivity index (χ3n) is 4.01. The minimum absolute atomic E-state index is 0. The van der Waals surface area contributed by atoms with Crippen LogP contribution < -0.4 is 20.1 Å². The number of guanidine groups is 1. The molecule has 0 unspecified atom stereocenters. The maximum atomic E-state index is 5.86. The van der Waals surface area contributed by atoms with Crippen LogP contribution in [0.15, 0.2) is 23.2 Å². The Morgan fingerprint density at radius 3 is 2.58 bits per heavy atom. The van der Waals surface area contributed by atoms with E-state index in [0.717, 1.165) is 51.3 Å². The first-order chi connectivity index (χ1) is 12.3. The Hall–Kier alpha value is -1.26. The van der Waals surface area contributed by atoms with Crippen molar-refractivity contribution in [3.8, 4) is 11.5 Å². The van der Waals surface area contributed by atoms with Gasteiger partial charge in [0, 0.05) is 45.2 Å². The molecule has 0 bridgehead atoms. The summed E-state index contributed by atoms with van der Waals surface area (Å²) < 4.78 is 21.7. The number of benzene rings is 1. The van der Waals surface area contributed by atoms with Gasteiger partial charge in [0.25, 0.3) is 0 Å². The van der Waals surface area contributed by atoms with Crippen LogP contribution in [-0.2, 0) is 9.47 Å². The van der Waals surface area contributed by atoms with E-state index in [-0.39, 0.29) is 24.0 Å². The van der Waals surface area contributed by atoms with Gasteiger partial charge in [-0.05, 0) is 31.4 Å². The number of rotatable bonds is 8. The summed E-state index contributed by atoms with van der Waals surface area (Å²) in [4.78, 5) is 4.23. The number of halogens is 1. The Labute approximate surface area is 172 Å². The van der Waals surface area contributed by atoms with Gasteiger partial charge in [0.05, 0.1) is 20.3 Å². The van der Waals surface area contributed by atoms with E-state index in [4.69, 9.17) is 18.9 Å². The number of methoxy groups -OCH3 is 2. The first-order valence-corrected chi connectivity index (χ1v) is 8.66. The molecule has 1 aromatic rings. The van der Waals surface area contributed by atoms with Crippen molar-refractivity contribution in [1.29, 1.82) is 0 Å². The summed E-state index contributed by atoms with van der Waals surface area (Å²) in [5.41, 5.74) is 0.879. The molecule has 2 N–H and O–H groups in total. The monoisotopic (exact) mass is 479 g/mol. The van der Waals surface area contributed by atoms with Gasteiger partial charge in [0.2, 0.25) is 0 Å². The standard InChI is InChI=1S/C18H29N3O4.HI/c1-19-18(20-9-4-10-25-15-7-11-24-12-8-15)21-14-5-6-16(22-2)17(13-14)23-3;/h5-6,13,15H,4,7-12H2,1-3H3,(H2,19,20,21);1H. The average Bonchev–Trinajstić information content (AvgIpc) is 2.67. The molecule has 148 valence electrons. The third kappa shape index (κ3) is 7.55. The highest BCUT2D eigenvalue weighted by molar-refractivity contribution is 14.0. The van der Waals surface area contributed by atoms with E-state index in [2.05, 4.69) is 15.6 Å². The molecule has 1 aliphatic heterocycles. The quantitative estimate of drug-likeness (QED) is 0.259. The summed E-state index contributed by atoms with van der Waals surface area (Å²) in [6.07, 6.45) is 3.26. The van der Waals surface area contributed by atoms with Crippen LogP contribution in [-0.4, -0.2) is 59.7 Å². The van der Waals surface area contributed by atoms with Crippen LogP contribution in [0.1, 0.15) is 19.3 Å². The Morgan fingerprint density at radius 2 is 1.92 bits per heavy atom. The van der Waals surface area contributed by atoms with Crippen LogP contribution in [0.5, 0.6) is 11.5 Å². The van der Waals surface area contributed by atoms with Crippen molar-refractivity contribution in [3.05, 3.63) is 18.2 Å². The van der Waals surface area contributed by atoms with Gasteiger partial charge in [0.15, 0.2) is 17.5 Å². The van der Waals surface area contributed by atoms with Crippen molar-refractivity contribution < 1.29 is 18.9 Å². The molecule has 0 spiro atoms. The van der Waals surface area contributed by atoms with Crippen molar-refractivity contribution in [3.63, 3.8) is 0 Å². The number of nitrogens with zero attached hydrogens (tertiary/aromatic N) is 1. The van der Waals surface area contributed by atoms with E-state index in [1.165, 1.54) is 0 Å². The number of ether oxygens (including phenoxy) is 4. The van der Waals surface area contributed by atoms with Crippen molar-refractivity contribution in [2.24, 2.45) is 4.99 Å². The smallest absolute Gasteiger partial charge is 0.195 e. The van der Waals surface area contributed by atoms with Crippen LogP contribution >= 0.6 is 24.0 Å². The fourth-order valence-electron chi connectivity index (χ4n) is 2.60. The topological polar surface area (TPSA) is 73.3 Å². The van der Waals surface area contributed by atoms with Crippen LogP contribution in [0.4, 0.5) is 5.69 Å². The van der Waals surface area contributed by atoms with Crippen molar-refractivity contribution in [1.82, 2.24) is 5.32 Å². The normalized spacial score (nSPS) is 15.1. The first kappa shape index (κ1) is 22.8. The first-order valence-electron chi connectivity index (χ1n) is 8.66. The molecule has 1 saturated heterocycles. The Bertz CT molecular complexity index is 551. The highest BCUT2D eigenvalue weighted by Gasteiger charge is 2.13. The lowest BCUT2D eigenvalue weighted by atomic mass is 10.1. The minimum atomic E-state index is 0. The molecule has 7 nitrogen and oxygen atoms in total. The zero-order valence-electron chi connectivity index (χ0n) is 15.7. The highest BCUT2D eigenvalue weighted by atomic mass is 127. The summed E-state index contributed by atoms with van der Waals surface area (Å²) in [5, 5.41) is 6.52. The van der Waals surface area contributed by atoms with Gasteiger partial charge in [-0.25, -0.2) is 0 Å². The number of hydrogen-bond donors (Lipinski definition) is 2. The number of nitrogens with one attached hydrogen (secondary N) is 2. The molecular weight excluding hydrogens is 449 g/mol. The van der Waals surface area contributed by atoms with E-state index in [1.54, 1.807) is 21.3 Å². The van der Waals surface area contributed by atoms with Gasteiger partial charge in [0.1, 0.15) is 0 Å². The summed E-state index contributed by atoms with van der Waals surface area (Å²) in [6, 6.07) is 5.65. The second kappa shape index (κ2) is 13.0. The molecule has 26 heavy (non-hydrogen) atoms. The molecule has 1 aromatic carbocycles.